The maximum Gasteiger partial charge on any atom is 0.296 e. The molecule has 5 nitrogen and oxygen atoms in total. The topological polar surface area (TPSA) is 63.4 Å². The van der Waals surface area contributed by atoms with Gasteiger partial charge in [0.25, 0.3) is 5.91 Å². The maximum atomic E-state index is 13.6. The molecule has 0 saturated heterocycles. The van der Waals surface area contributed by atoms with Crippen molar-refractivity contribution < 1.29 is 9.21 Å². The van der Waals surface area contributed by atoms with E-state index in [9.17, 15) is 9.59 Å². The third-order valence-corrected chi connectivity index (χ3v) is 6.01. The number of hydrogen-bond acceptors (Lipinski definition) is 4. The molecule has 31 heavy (non-hydrogen) atoms. The van der Waals surface area contributed by atoms with Gasteiger partial charge in [0.05, 0.1) is 17.0 Å². The molecule has 2 aromatic heterocycles. The van der Waals surface area contributed by atoms with E-state index in [1.54, 1.807) is 24.3 Å². The monoisotopic (exact) mass is 430 g/mol. The summed E-state index contributed by atoms with van der Waals surface area (Å²) >= 11 is 6.26. The molecular weight excluding hydrogens is 412 g/mol. The van der Waals surface area contributed by atoms with E-state index in [1.807, 2.05) is 51.1 Å². The molecule has 0 N–H and O–H groups in total. The van der Waals surface area contributed by atoms with Crippen molar-refractivity contribution >= 4 is 34.3 Å². The first-order valence-electron chi connectivity index (χ1n) is 9.96. The number of anilines is 1. The molecule has 0 aliphatic carbocycles. The Kier molecular flexibility index (Phi) is 4.45. The molecule has 154 valence electrons. The summed E-state index contributed by atoms with van der Waals surface area (Å²) in [4.78, 5) is 33.3. The quantitative estimate of drug-likeness (QED) is 0.420. The Morgan fingerprint density at radius 1 is 0.968 bits per heavy atom. The van der Waals surface area contributed by atoms with E-state index in [4.69, 9.17) is 16.0 Å². The number of halogens is 1. The van der Waals surface area contributed by atoms with E-state index in [2.05, 4.69) is 4.98 Å². The number of rotatable bonds is 2. The number of aromatic nitrogens is 1. The van der Waals surface area contributed by atoms with Gasteiger partial charge < -0.3 is 4.42 Å². The zero-order valence-corrected chi connectivity index (χ0v) is 18.0. The fourth-order valence-electron chi connectivity index (χ4n) is 4.12. The average molecular weight is 431 g/mol. The molecule has 0 fully saturated rings. The maximum absolute atomic E-state index is 13.6. The number of benzene rings is 2. The highest BCUT2D eigenvalue weighted by molar-refractivity contribution is 6.30. The Balaban J connectivity index is 1.85. The number of hydrogen-bond donors (Lipinski definition) is 0. The summed E-state index contributed by atoms with van der Waals surface area (Å²) in [6.07, 6.45) is 0. The van der Waals surface area contributed by atoms with E-state index in [0.29, 0.717) is 27.4 Å². The lowest BCUT2D eigenvalue weighted by Crippen LogP contribution is -2.30. The molecular formula is C25H19ClN2O3. The van der Waals surface area contributed by atoms with Crippen LogP contribution in [0.4, 0.5) is 5.82 Å². The van der Waals surface area contributed by atoms with Gasteiger partial charge in [0.15, 0.2) is 5.43 Å². The van der Waals surface area contributed by atoms with Gasteiger partial charge >= 0.3 is 0 Å². The number of carbonyl (C=O) groups is 1. The molecule has 0 unspecified atom stereocenters. The van der Waals surface area contributed by atoms with Crippen LogP contribution in [-0.4, -0.2) is 10.9 Å². The number of nitrogens with zero attached hydrogens (tertiary/aromatic N) is 2. The van der Waals surface area contributed by atoms with Crippen LogP contribution in [0.3, 0.4) is 0 Å². The molecule has 0 bridgehead atoms. The molecule has 0 saturated carbocycles. The number of fused-ring (bicyclic) bond motifs is 2. The first-order chi connectivity index (χ1) is 14.8. The molecule has 0 radical (unpaired) electrons. The molecule has 1 amide bonds. The molecule has 1 aliphatic heterocycles. The van der Waals surface area contributed by atoms with Crippen molar-refractivity contribution in [1.82, 2.24) is 4.98 Å². The number of aryl methyl sites for hydroxylation is 3. The van der Waals surface area contributed by atoms with Crippen molar-refractivity contribution in [3.8, 4) is 0 Å². The fraction of sp³-hybridized carbons (Fsp3) is 0.160. The smallest absolute Gasteiger partial charge is 0.296 e. The molecule has 0 spiro atoms. The first-order valence-corrected chi connectivity index (χ1v) is 10.3. The van der Waals surface area contributed by atoms with Crippen LogP contribution in [0.2, 0.25) is 5.02 Å². The van der Waals surface area contributed by atoms with Gasteiger partial charge in [0, 0.05) is 10.7 Å². The van der Waals surface area contributed by atoms with Crippen molar-refractivity contribution in [1.29, 1.82) is 0 Å². The van der Waals surface area contributed by atoms with Crippen LogP contribution in [0.15, 0.2) is 63.8 Å². The van der Waals surface area contributed by atoms with Gasteiger partial charge in [0.1, 0.15) is 11.4 Å². The van der Waals surface area contributed by atoms with Crippen LogP contribution in [-0.2, 0) is 0 Å². The predicted molar refractivity (Wildman–Crippen MR) is 121 cm³/mol. The van der Waals surface area contributed by atoms with Crippen LogP contribution in [0.5, 0.6) is 0 Å². The highest BCUT2D eigenvalue weighted by Crippen LogP contribution is 2.41. The summed E-state index contributed by atoms with van der Waals surface area (Å²) in [5, 5.41) is 0.980. The minimum atomic E-state index is -0.683. The number of amides is 1. The zero-order valence-electron chi connectivity index (χ0n) is 17.3. The minimum Gasteiger partial charge on any atom is -0.450 e. The van der Waals surface area contributed by atoms with Gasteiger partial charge in [0.2, 0.25) is 5.76 Å². The van der Waals surface area contributed by atoms with Gasteiger partial charge in [-0.3, -0.25) is 14.5 Å². The van der Waals surface area contributed by atoms with Crippen molar-refractivity contribution in [2.24, 2.45) is 0 Å². The summed E-state index contributed by atoms with van der Waals surface area (Å²) in [6, 6.07) is 15.6. The summed E-state index contributed by atoms with van der Waals surface area (Å²) in [7, 11) is 0. The molecule has 1 aliphatic rings. The second-order valence-electron chi connectivity index (χ2n) is 7.88. The lowest BCUT2D eigenvalue weighted by Gasteiger charge is -2.24. The van der Waals surface area contributed by atoms with Gasteiger partial charge in [-0.2, -0.15) is 0 Å². The predicted octanol–water partition coefficient (Wildman–Crippen LogP) is 5.52. The lowest BCUT2D eigenvalue weighted by atomic mass is 9.97. The van der Waals surface area contributed by atoms with Crippen molar-refractivity contribution in [2.75, 3.05) is 4.90 Å². The van der Waals surface area contributed by atoms with Crippen LogP contribution >= 0.6 is 11.6 Å². The summed E-state index contributed by atoms with van der Waals surface area (Å²) in [5.74, 6) is 0.113. The third kappa shape index (κ3) is 3.04. The van der Waals surface area contributed by atoms with Crippen LogP contribution in [0.1, 0.15) is 44.5 Å². The average Bonchev–Trinajstić information content (AvgIpc) is 3.02. The SMILES string of the molecule is Cc1cccc(N2C(=O)c3oc4cc(C)c(C)cc4c(=O)c3[C@@H]2c2cccc(Cl)c2)n1. The summed E-state index contributed by atoms with van der Waals surface area (Å²) in [5.41, 5.74) is 3.97. The van der Waals surface area contributed by atoms with Gasteiger partial charge in [-0.1, -0.05) is 29.8 Å². The van der Waals surface area contributed by atoms with Crippen LogP contribution in [0.25, 0.3) is 11.0 Å². The normalized spacial score (nSPS) is 15.5. The Morgan fingerprint density at radius 3 is 2.45 bits per heavy atom. The van der Waals surface area contributed by atoms with Crippen LogP contribution in [0, 0.1) is 20.8 Å². The van der Waals surface area contributed by atoms with E-state index < -0.39 is 11.9 Å². The van der Waals surface area contributed by atoms with Gasteiger partial charge in [-0.25, -0.2) is 4.98 Å². The van der Waals surface area contributed by atoms with Crippen molar-refractivity contribution in [3.05, 3.63) is 104 Å². The largest absolute Gasteiger partial charge is 0.450 e. The summed E-state index contributed by atoms with van der Waals surface area (Å²) < 4.78 is 6.05. The van der Waals surface area contributed by atoms with E-state index in [0.717, 1.165) is 22.4 Å². The Bertz CT molecular complexity index is 1440. The van der Waals surface area contributed by atoms with Crippen molar-refractivity contribution in [3.63, 3.8) is 0 Å². The highest BCUT2D eigenvalue weighted by atomic mass is 35.5. The third-order valence-electron chi connectivity index (χ3n) is 5.77. The first kappa shape index (κ1) is 19.5. The Morgan fingerprint density at radius 2 is 1.71 bits per heavy atom. The molecule has 5 rings (SSSR count). The molecule has 1 atom stereocenters. The van der Waals surface area contributed by atoms with Gasteiger partial charge in [-0.15, -0.1) is 0 Å². The Hall–Kier alpha value is -3.44. The van der Waals surface area contributed by atoms with Crippen LogP contribution < -0.4 is 10.3 Å². The zero-order chi connectivity index (χ0) is 21.9. The van der Waals surface area contributed by atoms with E-state index in [-0.39, 0.29) is 11.2 Å². The number of carbonyl (C=O) groups excluding carboxylic acids is 1. The Labute approximate surface area is 183 Å². The highest BCUT2D eigenvalue weighted by Gasteiger charge is 2.44. The summed E-state index contributed by atoms with van der Waals surface area (Å²) in [6.45, 7) is 5.75. The fourth-order valence-corrected chi connectivity index (χ4v) is 4.32. The minimum absolute atomic E-state index is 0.0500. The van der Waals surface area contributed by atoms with E-state index in [1.165, 1.54) is 4.90 Å². The second kappa shape index (κ2) is 7.06. The van der Waals surface area contributed by atoms with Gasteiger partial charge in [-0.05, 0) is 73.9 Å². The standard InChI is InChI=1S/C25H19ClN2O3/c1-13-10-18-19(11-14(13)2)31-24-21(23(18)29)22(16-7-5-8-17(26)12-16)28(25(24)30)20-9-4-6-15(3)27-20/h4-12,22H,1-3H3/t22-/m0/s1. The lowest BCUT2D eigenvalue weighted by molar-refractivity contribution is 0.0970. The second-order valence-corrected chi connectivity index (χ2v) is 8.31. The molecule has 3 heterocycles. The van der Waals surface area contributed by atoms with E-state index >= 15 is 0 Å². The van der Waals surface area contributed by atoms with Crippen molar-refractivity contribution in [2.45, 2.75) is 26.8 Å². The molecule has 2 aromatic carbocycles. The number of pyridine rings is 1. The molecule has 4 aromatic rings. The molecule has 6 heteroatoms.